The Kier molecular flexibility index (Phi) is 3.47. The molecule has 3 rings (SSSR count). The molecule has 2 aromatic heterocycles. The van der Waals surface area contributed by atoms with Gasteiger partial charge in [-0.15, -0.1) is 0 Å². The van der Waals surface area contributed by atoms with Crippen LogP contribution in [0.4, 0.5) is 5.82 Å². The van der Waals surface area contributed by atoms with Crippen LogP contribution in [0.3, 0.4) is 0 Å². The quantitative estimate of drug-likeness (QED) is 0.788. The van der Waals surface area contributed by atoms with E-state index in [1.165, 1.54) is 0 Å². The molecule has 1 aromatic carbocycles. The van der Waals surface area contributed by atoms with Crippen molar-refractivity contribution in [2.75, 3.05) is 20.0 Å². The third-order valence-corrected chi connectivity index (χ3v) is 3.74. The molecule has 0 saturated heterocycles. The van der Waals surface area contributed by atoms with Gasteiger partial charge in [0.15, 0.2) is 0 Å². The highest BCUT2D eigenvalue weighted by Gasteiger charge is 2.13. The summed E-state index contributed by atoms with van der Waals surface area (Å²) in [4.78, 5) is 4.59. The Morgan fingerprint density at radius 1 is 1.10 bits per heavy atom. The van der Waals surface area contributed by atoms with Gasteiger partial charge >= 0.3 is 0 Å². The highest BCUT2D eigenvalue weighted by atomic mass is 79.9. The number of aromatic nitrogens is 2. The van der Waals surface area contributed by atoms with E-state index < -0.39 is 0 Å². The molecule has 0 radical (unpaired) electrons. The maximum Gasteiger partial charge on any atom is 0.140 e. The van der Waals surface area contributed by atoms with Crippen LogP contribution in [-0.2, 0) is 0 Å². The molecule has 6 heteroatoms. The summed E-state index contributed by atoms with van der Waals surface area (Å²) in [6.07, 6.45) is 1.88. The number of halogens is 1. The Labute approximate surface area is 130 Å². The van der Waals surface area contributed by atoms with E-state index in [4.69, 9.17) is 15.2 Å². The first-order valence-electron chi connectivity index (χ1n) is 6.29. The van der Waals surface area contributed by atoms with Crippen LogP contribution in [-0.4, -0.2) is 23.6 Å². The average Bonchev–Trinajstić information content (AvgIpc) is 2.83. The molecule has 2 N–H and O–H groups in total. The second-order valence-electron chi connectivity index (χ2n) is 4.52. The van der Waals surface area contributed by atoms with Gasteiger partial charge in [-0.3, -0.25) is 4.40 Å². The van der Waals surface area contributed by atoms with Crippen molar-refractivity contribution in [3.05, 3.63) is 41.0 Å². The molecule has 0 atom stereocenters. The normalized spacial score (nSPS) is 10.8. The largest absolute Gasteiger partial charge is 0.497 e. The minimum Gasteiger partial charge on any atom is -0.497 e. The zero-order valence-electron chi connectivity index (χ0n) is 11.6. The van der Waals surface area contributed by atoms with Crippen molar-refractivity contribution in [3.8, 4) is 22.8 Å². The van der Waals surface area contributed by atoms with Gasteiger partial charge in [-0.2, -0.15) is 0 Å². The van der Waals surface area contributed by atoms with E-state index in [-0.39, 0.29) is 0 Å². The van der Waals surface area contributed by atoms with Gasteiger partial charge < -0.3 is 15.2 Å². The summed E-state index contributed by atoms with van der Waals surface area (Å²) in [6, 6.07) is 9.41. The molecule has 0 bridgehead atoms. The van der Waals surface area contributed by atoms with Crippen molar-refractivity contribution >= 4 is 27.4 Å². The molecule has 0 spiro atoms. The van der Waals surface area contributed by atoms with Gasteiger partial charge in [0.05, 0.1) is 14.2 Å². The number of ether oxygens (including phenoxy) is 2. The van der Waals surface area contributed by atoms with Crippen molar-refractivity contribution in [1.29, 1.82) is 0 Å². The van der Waals surface area contributed by atoms with E-state index >= 15 is 0 Å². The Hall–Kier alpha value is -2.21. The van der Waals surface area contributed by atoms with E-state index in [9.17, 15) is 0 Å². The Bertz CT molecular complexity index is 792. The van der Waals surface area contributed by atoms with Crippen LogP contribution < -0.4 is 15.2 Å². The first-order valence-corrected chi connectivity index (χ1v) is 7.08. The number of nitrogens with two attached hydrogens (primary N) is 1. The fourth-order valence-electron chi connectivity index (χ4n) is 2.20. The topological polar surface area (TPSA) is 61.8 Å². The number of imidazole rings is 1. The van der Waals surface area contributed by atoms with Gasteiger partial charge in [0, 0.05) is 22.3 Å². The summed E-state index contributed by atoms with van der Waals surface area (Å²) in [6.45, 7) is 0. The molecule has 0 fully saturated rings. The van der Waals surface area contributed by atoms with Crippen molar-refractivity contribution < 1.29 is 9.47 Å². The summed E-state index contributed by atoms with van der Waals surface area (Å²) in [7, 11) is 3.23. The zero-order valence-corrected chi connectivity index (χ0v) is 13.2. The SMILES string of the molecule is COc1cc(OC)cc(-c2nc3cc(Br)ccn3c2N)c1. The lowest BCUT2D eigenvalue weighted by Gasteiger charge is -2.07. The molecule has 0 aliphatic rings. The number of benzene rings is 1. The Morgan fingerprint density at radius 2 is 1.76 bits per heavy atom. The maximum atomic E-state index is 6.21. The molecule has 108 valence electrons. The average molecular weight is 348 g/mol. The van der Waals surface area contributed by atoms with Crippen molar-refractivity contribution in [1.82, 2.24) is 9.38 Å². The fourth-order valence-corrected chi connectivity index (χ4v) is 2.52. The van der Waals surface area contributed by atoms with E-state index in [1.54, 1.807) is 14.2 Å². The van der Waals surface area contributed by atoms with Crippen LogP contribution in [0.25, 0.3) is 16.9 Å². The predicted octanol–water partition coefficient (Wildman–Crippen LogP) is 3.36. The van der Waals surface area contributed by atoms with E-state index in [2.05, 4.69) is 20.9 Å². The summed E-state index contributed by atoms with van der Waals surface area (Å²) in [5.74, 6) is 1.97. The number of hydrogen-bond donors (Lipinski definition) is 1. The maximum absolute atomic E-state index is 6.21. The van der Waals surface area contributed by atoms with Crippen molar-refractivity contribution in [2.45, 2.75) is 0 Å². The monoisotopic (exact) mass is 347 g/mol. The lowest BCUT2D eigenvalue weighted by Crippen LogP contribution is -1.94. The van der Waals surface area contributed by atoms with Gasteiger partial charge in [0.25, 0.3) is 0 Å². The van der Waals surface area contributed by atoms with Gasteiger partial charge in [-0.05, 0) is 24.3 Å². The van der Waals surface area contributed by atoms with Crippen LogP contribution in [0.1, 0.15) is 0 Å². The number of anilines is 1. The standard InChI is InChI=1S/C15H14BrN3O2/c1-20-11-5-9(6-12(8-11)21-2)14-15(17)19-4-3-10(16)7-13(19)18-14/h3-8H,17H2,1-2H3. The van der Waals surface area contributed by atoms with Crippen LogP contribution in [0.15, 0.2) is 41.0 Å². The van der Waals surface area contributed by atoms with Crippen LogP contribution in [0.5, 0.6) is 11.5 Å². The smallest absolute Gasteiger partial charge is 0.140 e. The lowest BCUT2D eigenvalue weighted by atomic mass is 10.1. The molecule has 3 aromatic rings. The lowest BCUT2D eigenvalue weighted by molar-refractivity contribution is 0.394. The van der Waals surface area contributed by atoms with Crippen LogP contribution in [0, 0.1) is 0 Å². The minimum atomic E-state index is 0.577. The van der Waals surface area contributed by atoms with E-state index in [0.717, 1.165) is 15.7 Å². The molecule has 2 heterocycles. The molecular weight excluding hydrogens is 334 g/mol. The van der Waals surface area contributed by atoms with E-state index in [0.29, 0.717) is 23.0 Å². The summed E-state index contributed by atoms with van der Waals surface area (Å²) in [5, 5.41) is 0. The third kappa shape index (κ3) is 2.42. The highest BCUT2D eigenvalue weighted by Crippen LogP contribution is 2.33. The number of hydrogen-bond acceptors (Lipinski definition) is 4. The Morgan fingerprint density at radius 3 is 2.38 bits per heavy atom. The summed E-state index contributed by atoms with van der Waals surface area (Å²) < 4.78 is 13.4. The number of rotatable bonds is 3. The van der Waals surface area contributed by atoms with Crippen LogP contribution >= 0.6 is 15.9 Å². The molecule has 0 aliphatic carbocycles. The first-order chi connectivity index (χ1) is 10.1. The van der Waals surface area contributed by atoms with Gasteiger partial charge in [-0.25, -0.2) is 4.98 Å². The number of pyridine rings is 1. The number of methoxy groups -OCH3 is 2. The minimum absolute atomic E-state index is 0.577. The van der Waals surface area contributed by atoms with E-state index in [1.807, 2.05) is 40.9 Å². The summed E-state index contributed by atoms with van der Waals surface area (Å²) >= 11 is 3.43. The molecule has 0 aliphatic heterocycles. The predicted molar refractivity (Wildman–Crippen MR) is 85.8 cm³/mol. The molecular formula is C15H14BrN3O2. The Balaban J connectivity index is 2.22. The molecule has 0 saturated carbocycles. The number of nitrogens with zero attached hydrogens (tertiary/aromatic N) is 2. The fraction of sp³-hybridized carbons (Fsp3) is 0.133. The second kappa shape index (κ2) is 5.29. The second-order valence-corrected chi connectivity index (χ2v) is 5.44. The molecule has 0 unspecified atom stereocenters. The molecule has 21 heavy (non-hydrogen) atoms. The molecule has 5 nitrogen and oxygen atoms in total. The van der Waals surface area contributed by atoms with Crippen molar-refractivity contribution in [3.63, 3.8) is 0 Å². The third-order valence-electron chi connectivity index (χ3n) is 3.25. The number of fused-ring (bicyclic) bond motifs is 1. The van der Waals surface area contributed by atoms with Gasteiger partial charge in [0.1, 0.15) is 28.7 Å². The molecule has 0 amide bonds. The number of nitrogen functional groups attached to an aromatic ring is 1. The summed E-state index contributed by atoms with van der Waals surface area (Å²) in [5.41, 5.74) is 8.53. The van der Waals surface area contributed by atoms with Gasteiger partial charge in [-0.1, -0.05) is 15.9 Å². The van der Waals surface area contributed by atoms with Gasteiger partial charge in [0.2, 0.25) is 0 Å². The highest BCUT2D eigenvalue weighted by molar-refractivity contribution is 9.10. The first kappa shape index (κ1) is 13.8. The van der Waals surface area contributed by atoms with Crippen LogP contribution in [0.2, 0.25) is 0 Å². The zero-order chi connectivity index (χ0) is 15.0. The van der Waals surface area contributed by atoms with Crippen molar-refractivity contribution in [2.24, 2.45) is 0 Å².